The second kappa shape index (κ2) is 8.48. The lowest BCUT2D eigenvalue weighted by Gasteiger charge is -2.23. The van der Waals surface area contributed by atoms with Gasteiger partial charge in [0, 0.05) is 5.56 Å². The smallest absolute Gasteiger partial charge is 0.264 e. The molecule has 1 amide bonds. The molecule has 0 fully saturated rings. The molecule has 164 valence electrons. The molecule has 0 radical (unpaired) electrons. The van der Waals surface area contributed by atoms with Crippen LogP contribution in [0.25, 0.3) is 0 Å². The number of carbonyl (C=O) groups is 2. The van der Waals surface area contributed by atoms with E-state index in [4.69, 9.17) is 9.47 Å². The number of ether oxygens (including phenoxy) is 2. The normalized spacial score (nSPS) is 17.2. The van der Waals surface area contributed by atoms with Crippen molar-refractivity contribution in [3.8, 4) is 11.5 Å². The second-order valence-corrected chi connectivity index (χ2v) is 7.86. The number of ketones is 1. The van der Waals surface area contributed by atoms with Crippen LogP contribution in [0, 0.1) is 6.92 Å². The van der Waals surface area contributed by atoms with E-state index in [-0.39, 0.29) is 5.56 Å². The van der Waals surface area contributed by atoms with Crippen molar-refractivity contribution in [3.05, 3.63) is 89.0 Å². The number of nitrogens with zero attached hydrogens (tertiary/aromatic N) is 1. The zero-order chi connectivity index (χ0) is 22.9. The maximum absolute atomic E-state index is 13.5. The number of para-hydroxylation sites is 1. The minimum atomic E-state index is -1.97. The molecule has 0 unspecified atom stereocenters. The predicted octanol–water partition coefficient (Wildman–Crippen LogP) is 4.02. The van der Waals surface area contributed by atoms with E-state index < -0.39 is 23.7 Å². The fourth-order valence-electron chi connectivity index (χ4n) is 4.15. The Kier molecular flexibility index (Phi) is 5.72. The van der Waals surface area contributed by atoms with E-state index in [1.54, 1.807) is 41.3 Å². The van der Waals surface area contributed by atoms with Crippen molar-refractivity contribution in [2.24, 2.45) is 0 Å². The van der Waals surface area contributed by atoms with Gasteiger partial charge in [0.05, 0.1) is 38.4 Å². The molecule has 1 aliphatic rings. The first-order valence-electron chi connectivity index (χ1n) is 10.3. The fourth-order valence-corrected chi connectivity index (χ4v) is 4.15. The monoisotopic (exact) mass is 431 g/mol. The highest BCUT2D eigenvalue weighted by Gasteiger charge is 2.51. The van der Waals surface area contributed by atoms with Gasteiger partial charge in [0.15, 0.2) is 11.4 Å². The van der Waals surface area contributed by atoms with Gasteiger partial charge >= 0.3 is 0 Å². The summed E-state index contributed by atoms with van der Waals surface area (Å²) >= 11 is 0. The lowest BCUT2D eigenvalue weighted by Crippen LogP contribution is -2.41. The van der Waals surface area contributed by atoms with Gasteiger partial charge in [-0.3, -0.25) is 9.59 Å². The summed E-state index contributed by atoms with van der Waals surface area (Å²) < 4.78 is 10.5. The molecule has 4 rings (SSSR count). The molecule has 0 spiro atoms. The fraction of sp³-hybridized carbons (Fsp3) is 0.231. The first kappa shape index (κ1) is 21.6. The highest BCUT2D eigenvalue weighted by molar-refractivity contribution is 6.11. The van der Waals surface area contributed by atoms with E-state index in [9.17, 15) is 14.7 Å². The van der Waals surface area contributed by atoms with Crippen LogP contribution in [0.1, 0.15) is 33.5 Å². The number of aryl methyl sites for hydroxylation is 1. The van der Waals surface area contributed by atoms with Crippen LogP contribution in [0.5, 0.6) is 11.5 Å². The molecule has 1 atom stereocenters. The molecule has 0 bridgehead atoms. The van der Waals surface area contributed by atoms with E-state index in [1.807, 2.05) is 37.3 Å². The number of fused-ring (bicyclic) bond motifs is 1. The Labute approximate surface area is 187 Å². The Balaban J connectivity index is 1.71. The number of Topliss-reactive ketones (excluding diaryl/α,β-unsaturated/α-hetero) is 1. The van der Waals surface area contributed by atoms with Crippen molar-refractivity contribution in [2.45, 2.75) is 25.5 Å². The zero-order valence-electron chi connectivity index (χ0n) is 18.3. The summed E-state index contributed by atoms with van der Waals surface area (Å²) in [5.41, 5.74) is 1.33. The van der Waals surface area contributed by atoms with E-state index in [0.717, 1.165) is 11.1 Å². The van der Waals surface area contributed by atoms with Gasteiger partial charge < -0.3 is 19.5 Å². The maximum Gasteiger partial charge on any atom is 0.264 e. The second-order valence-electron chi connectivity index (χ2n) is 7.86. The molecule has 3 aromatic carbocycles. The van der Waals surface area contributed by atoms with Crippen LogP contribution in [-0.4, -0.2) is 31.0 Å². The van der Waals surface area contributed by atoms with Crippen LogP contribution in [-0.2, 0) is 16.9 Å². The van der Waals surface area contributed by atoms with Crippen LogP contribution >= 0.6 is 0 Å². The number of amides is 1. The molecule has 32 heavy (non-hydrogen) atoms. The van der Waals surface area contributed by atoms with Gasteiger partial charge in [0.2, 0.25) is 0 Å². The Bertz CT molecular complexity index is 1190. The predicted molar refractivity (Wildman–Crippen MR) is 121 cm³/mol. The molecule has 1 heterocycles. The van der Waals surface area contributed by atoms with Gasteiger partial charge in [-0.2, -0.15) is 0 Å². The summed E-state index contributed by atoms with van der Waals surface area (Å²) in [5.74, 6) is -0.0864. The molecule has 0 aromatic heterocycles. The standard InChI is InChI=1S/C26H25NO5/c1-17-8-4-5-9-18(17)16-27-22-11-7-6-10-21(22)26(30,25(27)29)15-23(28)20-14-19(31-2)12-13-24(20)32-3/h4-14,30H,15-16H2,1-3H3/t26-/m1/s1. The van der Waals surface area contributed by atoms with Crippen LogP contribution in [0.2, 0.25) is 0 Å². The first-order valence-corrected chi connectivity index (χ1v) is 10.3. The first-order chi connectivity index (χ1) is 15.4. The van der Waals surface area contributed by atoms with Gasteiger partial charge in [-0.25, -0.2) is 0 Å². The Morgan fingerprint density at radius 3 is 2.44 bits per heavy atom. The van der Waals surface area contributed by atoms with E-state index in [0.29, 0.717) is 29.3 Å². The third kappa shape index (κ3) is 3.63. The van der Waals surface area contributed by atoms with Gasteiger partial charge in [0.25, 0.3) is 5.91 Å². The molecule has 6 heteroatoms. The quantitative estimate of drug-likeness (QED) is 0.572. The number of rotatable bonds is 7. The number of anilines is 1. The summed E-state index contributed by atoms with van der Waals surface area (Å²) in [6.07, 6.45) is -0.406. The molecule has 0 saturated heterocycles. The number of methoxy groups -OCH3 is 2. The van der Waals surface area contributed by atoms with Crippen LogP contribution in [0.4, 0.5) is 5.69 Å². The van der Waals surface area contributed by atoms with Gasteiger partial charge in [-0.15, -0.1) is 0 Å². The molecule has 0 aliphatic carbocycles. The van der Waals surface area contributed by atoms with Crippen molar-refractivity contribution in [3.63, 3.8) is 0 Å². The number of aliphatic hydroxyl groups is 1. The van der Waals surface area contributed by atoms with Gasteiger partial charge in [0.1, 0.15) is 11.5 Å². The Morgan fingerprint density at radius 1 is 1.00 bits per heavy atom. The third-order valence-corrected chi connectivity index (χ3v) is 5.95. The number of hydrogen-bond donors (Lipinski definition) is 1. The van der Waals surface area contributed by atoms with Crippen LogP contribution in [0.3, 0.4) is 0 Å². The number of carbonyl (C=O) groups excluding carboxylic acids is 2. The summed E-state index contributed by atoms with van der Waals surface area (Å²) in [6, 6.07) is 19.7. The third-order valence-electron chi connectivity index (χ3n) is 5.95. The molecule has 1 aliphatic heterocycles. The molecule has 6 nitrogen and oxygen atoms in total. The SMILES string of the molecule is COc1ccc(OC)c(C(=O)C[C@]2(O)C(=O)N(Cc3ccccc3C)c3ccccc32)c1. The average molecular weight is 431 g/mol. The summed E-state index contributed by atoms with van der Waals surface area (Å²) in [5, 5.41) is 11.6. The lowest BCUT2D eigenvalue weighted by atomic mass is 9.88. The van der Waals surface area contributed by atoms with Crippen molar-refractivity contribution < 1.29 is 24.2 Å². The van der Waals surface area contributed by atoms with Crippen molar-refractivity contribution >= 4 is 17.4 Å². The van der Waals surface area contributed by atoms with Gasteiger partial charge in [-0.05, 0) is 42.3 Å². The highest BCUT2D eigenvalue weighted by Crippen LogP contribution is 2.44. The van der Waals surface area contributed by atoms with Crippen molar-refractivity contribution in [1.82, 2.24) is 0 Å². The highest BCUT2D eigenvalue weighted by atomic mass is 16.5. The number of benzene rings is 3. The summed E-state index contributed by atoms with van der Waals surface area (Å²) in [7, 11) is 2.97. The maximum atomic E-state index is 13.5. The molecular weight excluding hydrogens is 406 g/mol. The van der Waals surface area contributed by atoms with Gasteiger partial charge in [-0.1, -0.05) is 42.5 Å². The van der Waals surface area contributed by atoms with Crippen LogP contribution < -0.4 is 14.4 Å². The Hall–Kier alpha value is -3.64. The molecular formula is C26H25NO5. The van der Waals surface area contributed by atoms with Crippen molar-refractivity contribution in [2.75, 3.05) is 19.1 Å². The molecule has 0 saturated carbocycles. The van der Waals surface area contributed by atoms with E-state index >= 15 is 0 Å². The molecule has 1 N–H and O–H groups in total. The Morgan fingerprint density at radius 2 is 1.72 bits per heavy atom. The topological polar surface area (TPSA) is 76.1 Å². The zero-order valence-corrected chi connectivity index (χ0v) is 18.3. The average Bonchev–Trinajstić information content (AvgIpc) is 3.01. The van der Waals surface area contributed by atoms with E-state index in [1.165, 1.54) is 14.2 Å². The summed E-state index contributed by atoms with van der Waals surface area (Å²) in [6.45, 7) is 2.29. The van der Waals surface area contributed by atoms with Crippen molar-refractivity contribution in [1.29, 1.82) is 0 Å². The largest absolute Gasteiger partial charge is 0.497 e. The van der Waals surface area contributed by atoms with Crippen LogP contribution in [0.15, 0.2) is 66.7 Å². The summed E-state index contributed by atoms with van der Waals surface area (Å²) in [4.78, 5) is 28.3. The van der Waals surface area contributed by atoms with E-state index in [2.05, 4.69) is 0 Å². The lowest BCUT2D eigenvalue weighted by molar-refractivity contribution is -0.136. The minimum absolute atomic E-state index is 0.253. The minimum Gasteiger partial charge on any atom is -0.497 e. The molecule has 3 aromatic rings. The number of hydrogen-bond acceptors (Lipinski definition) is 5.